The molecule has 0 aliphatic rings. The van der Waals surface area contributed by atoms with Gasteiger partial charge in [0.2, 0.25) is 0 Å². The van der Waals surface area contributed by atoms with Crippen LogP contribution in [0.5, 0.6) is 11.5 Å². The second kappa shape index (κ2) is 5.89. The van der Waals surface area contributed by atoms with Crippen LogP contribution in [0.2, 0.25) is 0 Å². The lowest BCUT2D eigenvalue weighted by Gasteiger charge is -2.10. The Balaban J connectivity index is 3.15. The lowest BCUT2D eigenvalue weighted by molar-refractivity contribution is 0.0980. The molecule has 0 aromatic heterocycles. The number of methoxy groups -OCH3 is 2. The van der Waals surface area contributed by atoms with Crippen LogP contribution in [0.4, 0.5) is 0 Å². The molecule has 1 rings (SSSR count). The molecule has 88 valence electrons. The maximum Gasteiger partial charge on any atom is 0.164 e. The summed E-state index contributed by atoms with van der Waals surface area (Å²) in [5.41, 5.74) is 0.638. The van der Waals surface area contributed by atoms with Crippen LogP contribution in [-0.4, -0.2) is 20.0 Å². The van der Waals surface area contributed by atoms with Crippen molar-refractivity contribution in [2.24, 2.45) is 0 Å². The molecule has 0 unspecified atom stereocenters. The van der Waals surface area contributed by atoms with Gasteiger partial charge in [-0.3, -0.25) is 4.79 Å². The van der Waals surface area contributed by atoms with Crippen molar-refractivity contribution in [1.29, 1.82) is 0 Å². The number of benzene rings is 1. The summed E-state index contributed by atoms with van der Waals surface area (Å²) >= 11 is 3.37. The Morgan fingerprint density at radius 2 is 1.81 bits per heavy atom. The zero-order chi connectivity index (χ0) is 12.1. The summed E-state index contributed by atoms with van der Waals surface area (Å²) in [5, 5.41) is 0. The van der Waals surface area contributed by atoms with Crippen molar-refractivity contribution in [3.63, 3.8) is 0 Å². The fourth-order valence-corrected chi connectivity index (χ4v) is 1.97. The Kier molecular flexibility index (Phi) is 4.80. The van der Waals surface area contributed by atoms with Gasteiger partial charge in [-0.05, 0) is 34.5 Å². The molecule has 0 atom stereocenters. The van der Waals surface area contributed by atoms with Crippen LogP contribution in [0.1, 0.15) is 30.1 Å². The molecule has 0 fully saturated rings. The number of ether oxygens (including phenoxy) is 2. The number of rotatable bonds is 5. The van der Waals surface area contributed by atoms with Gasteiger partial charge >= 0.3 is 0 Å². The zero-order valence-corrected chi connectivity index (χ0v) is 11.3. The lowest BCUT2D eigenvalue weighted by Crippen LogP contribution is -2.01. The Hall–Kier alpha value is -1.03. The average Bonchev–Trinajstić information content (AvgIpc) is 2.28. The molecule has 0 N–H and O–H groups in total. The van der Waals surface area contributed by atoms with Crippen molar-refractivity contribution < 1.29 is 14.3 Å². The van der Waals surface area contributed by atoms with Crippen LogP contribution in [0.15, 0.2) is 16.6 Å². The standard InChI is InChI=1S/C12H15BrO3/c1-4-5-10(14)8-6-11(15-2)12(16-3)7-9(8)13/h6-7H,4-5H2,1-3H3. The fraction of sp³-hybridized carbons (Fsp3) is 0.417. The smallest absolute Gasteiger partial charge is 0.164 e. The number of Topliss-reactive ketones (excluding diaryl/α,β-unsaturated/α-hetero) is 1. The van der Waals surface area contributed by atoms with Gasteiger partial charge in [0.25, 0.3) is 0 Å². The van der Waals surface area contributed by atoms with E-state index >= 15 is 0 Å². The third-order valence-corrected chi connectivity index (χ3v) is 2.91. The lowest BCUT2D eigenvalue weighted by atomic mass is 10.1. The summed E-state index contributed by atoms with van der Waals surface area (Å²) in [5.74, 6) is 1.29. The Morgan fingerprint density at radius 1 is 1.25 bits per heavy atom. The number of hydrogen-bond donors (Lipinski definition) is 0. The van der Waals surface area contributed by atoms with E-state index < -0.39 is 0 Å². The predicted molar refractivity (Wildman–Crippen MR) is 66.5 cm³/mol. The SMILES string of the molecule is CCCC(=O)c1cc(OC)c(OC)cc1Br. The second-order valence-electron chi connectivity index (χ2n) is 3.36. The molecule has 0 aliphatic heterocycles. The summed E-state index contributed by atoms with van der Waals surface area (Å²) in [6, 6.07) is 3.46. The predicted octanol–water partition coefficient (Wildman–Crippen LogP) is 3.45. The van der Waals surface area contributed by atoms with E-state index in [1.165, 1.54) is 0 Å². The zero-order valence-electron chi connectivity index (χ0n) is 9.67. The van der Waals surface area contributed by atoms with E-state index in [1.54, 1.807) is 26.4 Å². The number of hydrogen-bond acceptors (Lipinski definition) is 3. The third-order valence-electron chi connectivity index (χ3n) is 2.25. The molecule has 0 radical (unpaired) electrons. The van der Waals surface area contributed by atoms with Crippen LogP contribution < -0.4 is 9.47 Å². The highest BCUT2D eigenvalue weighted by atomic mass is 79.9. The van der Waals surface area contributed by atoms with Crippen LogP contribution in [0.3, 0.4) is 0 Å². The minimum Gasteiger partial charge on any atom is -0.493 e. The van der Waals surface area contributed by atoms with Crippen molar-refractivity contribution >= 4 is 21.7 Å². The van der Waals surface area contributed by atoms with Crippen molar-refractivity contribution in [1.82, 2.24) is 0 Å². The van der Waals surface area contributed by atoms with Crippen molar-refractivity contribution in [2.75, 3.05) is 14.2 Å². The fourth-order valence-electron chi connectivity index (χ4n) is 1.43. The summed E-state index contributed by atoms with van der Waals surface area (Å²) in [6.07, 6.45) is 1.37. The van der Waals surface area contributed by atoms with E-state index in [2.05, 4.69) is 15.9 Å². The van der Waals surface area contributed by atoms with E-state index in [-0.39, 0.29) is 5.78 Å². The average molecular weight is 287 g/mol. The first-order chi connectivity index (χ1) is 7.63. The van der Waals surface area contributed by atoms with Gasteiger partial charge in [-0.2, -0.15) is 0 Å². The molecule has 1 aromatic rings. The van der Waals surface area contributed by atoms with Gasteiger partial charge in [0.1, 0.15) is 0 Å². The molecular weight excluding hydrogens is 272 g/mol. The number of carbonyl (C=O) groups excluding carboxylic acids is 1. The van der Waals surface area contributed by atoms with E-state index in [0.29, 0.717) is 23.5 Å². The molecule has 0 spiro atoms. The number of ketones is 1. The Bertz CT molecular complexity index is 388. The molecule has 16 heavy (non-hydrogen) atoms. The van der Waals surface area contributed by atoms with Crippen LogP contribution >= 0.6 is 15.9 Å². The molecule has 0 heterocycles. The van der Waals surface area contributed by atoms with Gasteiger partial charge in [0.15, 0.2) is 17.3 Å². The summed E-state index contributed by atoms with van der Waals surface area (Å²) < 4.78 is 11.0. The van der Waals surface area contributed by atoms with Crippen LogP contribution in [0, 0.1) is 0 Å². The Morgan fingerprint density at radius 3 is 2.31 bits per heavy atom. The van der Waals surface area contributed by atoms with E-state index in [4.69, 9.17) is 9.47 Å². The second-order valence-corrected chi connectivity index (χ2v) is 4.21. The molecule has 1 aromatic carbocycles. The Labute approximate surface area is 104 Å². The normalized spacial score (nSPS) is 10.0. The van der Waals surface area contributed by atoms with Gasteiger partial charge in [-0.25, -0.2) is 0 Å². The van der Waals surface area contributed by atoms with Gasteiger partial charge in [-0.15, -0.1) is 0 Å². The number of carbonyl (C=O) groups is 1. The van der Waals surface area contributed by atoms with Gasteiger partial charge in [-0.1, -0.05) is 6.92 Å². The van der Waals surface area contributed by atoms with E-state index in [1.807, 2.05) is 6.92 Å². The highest BCUT2D eigenvalue weighted by Gasteiger charge is 2.14. The van der Waals surface area contributed by atoms with Crippen LogP contribution in [-0.2, 0) is 0 Å². The largest absolute Gasteiger partial charge is 0.493 e. The van der Waals surface area contributed by atoms with Crippen molar-refractivity contribution in [3.05, 3.63) is 22.2 Å². The molecular formula is C12H15BrO3. The van der Waals surface area contributed by atoms with Crippen LogP contribution in [0.25, 0.3) is 0 Å². The van der Waals surface area contributed by atoms with Gasteiger partial charge < -0.3 is 9.47 Å². The molecule has 0 amide bonds. The first kappa shape index (κ1) is 13.0. The monoisotopic (exact) mass is 286 g/mol. The van der Waals surface area contributed by atoms with Gasteiger partial charge in [0.05, 0.1) is 14.2 Å². The van der Waals surface area contributed by atoms with Gasteiger partial charge in [0, 0.05) is 16.5 Å². The topological polar surface area (TPSA) is 35.5 Å². The molecule has 3 nitrogen and oxygen atoms in total. The minimum absolute atomic E-state index is 0.107. The van der Waals surface area contributed by atoms with Crippen molar-refractivity contribution in [2.45, 2.75) is 19.8 Å². The van der Waals surface area contributed by atoms with Crippen molar-refractivity contribution in [3.8, 4) is 11.5 Å². The summed E-state index contributed by atoms with van der Waals surface area (Å²) in [4.78, 5) is 11.8. The third kappa shape index (κ3) is 2.76. The summed E-state index contributed by atoms with van der Waals surface area (Å²) in [7, 11) is 3.12. The minimum atomic E-state index is 0.107. The molecule has 0 saturated carbocycles. The first-order valence-electron chi connectivity index (χ1n) is 5.08. The highest BCUT2D eigenvalue weighted by molar-refractivity contribution is 9.10. The molecule has 0 saturated heterocycles. The molecule has 4 heteroatoms. The quantitative estimate of drug-likeness (QED) is 0.778. The first-order valence-corrected chi connectivity index (χ1v) is 5.88. The highest BCUT2D eigenvalue weighted by Crippen LogP contribution is 2.33. The van der Waals surface area contributed by atoms with E-state index in [0.717, 1.165) is 10.9 Å². The maximum atomic E-state index is 11.8. The van der Waals surface area contributed by atoms with E-state index in [9.17, 15) is 4.79 Å². The maximum absolute atomic E-state index is 11.8. The number of halogens is 1. The molecule has 0 bridgehead atoms. The summed E-state index contributed by atoms with van der Waals surface area (Å²) in [6.45, 7) is 1.98. The molecule has 0 aliphatic carbocycles.